The van der Waals surface area contributed by atoms with Crippen molar-refractivity contribution >= 4 is 40.0 Å². The van der Waals surface area contributed by atoms with Crippen molar-refractivity contribution in [1.82, 2.24) is 0 Å². The molecule has 0 saturated carbocycles. The quantitative estimate of drug-likeness (QED) is 0.0865. The molecule has 1 aromatic rings. The van der Waals surface area contributed by atoms with Gasteiger partial charge >= 0.3 is 29.8 Å². The molecular weight excluding hydrogens is 845 g/mol. The summed E-state index contributed by atoms with van der Waals surface area (Å²) in [5.41, 5.74) is 2.43. The minimum Gasteiger partial charge on any atom is -0.463 e. The zero-order valence-electron chi connectivity index (χ0n) is 38.5. The normalized spacial score (nSPS) is 25.7. The number of hydrogen-bond donors (Lipinski definition) is 0. The van der Waals surface area contributed by atoms with Crippen LogP contribution >= 0.6 is 0 Å². The van der Waals surface area contributed by atoms with Crippen molar-refractivity contribution in [2.75, 3.05) is 26.4 Å². The van der Waals surface area contributed by atoms with E-state index in [1.807, 2.05) is 39.8 Å². The van der Waals surface area contributed by atoms with E-state index in [0.717, 1.165) is 5.56 Å². The summed E-state index contributed by atoms with van der Waals surface area (Å²) in [7, 11) is -4.23. The Balaban J connectivity index is 0.000000487. The summed E-state index contributed by atoms with van der Waals surface area (Å²) in [6.45, 7) is 20.8. The molecule has 0 aliphatic carbocycles. The SMILES string of the molecule is C#CCO[C@@H]1O[C@H](COC(C)=O)[C@@H](C)[C@H](OC(C)=O)[C@@H]1OC(C)=O.C#CCO[C@@H]1O[C@H](COS(=O)(=O)c2c(C(C)C)cc(C(C)C)cc2C(C)C)C(C)[C@H](OC(C)=O)[C@@H]1OC(C)=O. The number of carbonyl (C=O) groups is 5. The molecule has 2 fully saturated rings. The van der Waals surface area contributed by atoms with Crippen LogP contribution in [-0.4, -0.2) is 114 Å². The Morgan fingerprint density at radius 1 is 0.603 bits per heavy atom. The molecule has 2 heterocycles. The minimum absolute atomic E-state index is 0.0586. The number of terminal acetylenes is 2. The molecule has 1 aromatic carbocycles. The first-order valence-electron chi connectivity index (χ1n) is 20.7. The lowest BCUT2D eigenvalue weighted by atomic mass is 9.89. The number of rotatable bonds is 17. The third-order valence-electron chi connectivity index (χ3n) is 10.0. The van der Waals surface area contributed by atoms with Crippen LogP contribution in [0.5, 0.6) is 0 Å². The lowest BCUT2D eigenvalue weighted by molar-refractivity contribution is -0.291. The molecule has 1 unspecified atom stereocenters. The van der Waals surface area contributed by atoms with Gasteiger partial charge in [0.2, 0.25) is 0 Å². The fourth-order valence-corrected chi connectivity index (χ4v) is 8.54. The summed E-state index contributed by atoms with van der Waals surface area (Å²) < 4.78 is 82.1. The molecule has 2 aliphatic heterocycles. The molecule has 352 valence electrons. The van der Waals surface area contributed by atoms with Crippen LogP contribution < -0.4 is 0 Å². The van der Waals surface area contributed by atoms with Gasteiger partial charge in [-0.1, -0.05) is 79.4 Å². The van der Waals surface area contributed by atoms with Gasteiger partial charge in [0.25, 0.3) is 10.1 Å². The summed E-state index contributed by atoms with van der Waals surface area (Å²) in [5.74, 6) is 0.806. The zero-order chi connectivity index (χ0) is 47.9. The Morgan fingerprint density at radius 2 is 0.968 bits per heavy atom. The Kier molecular flexibility index (Phi) is 21.7. The van der Waals surface area contributed by atoms with E-state index in [1.165, 1.54) is 34.6 Å². The fourth-order valence-electron chi connectivity index (χ4n) is 6.94. The van der Waals surface area contributed by atoms with E-state index >= 15 is 0 Å². The summed E-state index contributed by atoms with van der Waals surface area (Å²) in [4.78, 5) is 57.7. The van der Waals surface area contributed by atoms with Gasteiger partial charge in [-0.3, -0.25) is 28.2 Å². The molecule has 0 bridgehead atoms. The Bertz CT molecular complexity index is 1900. The van der Waals surface area contributed by atoms with Crippen molar-refractivity contribution in [1.29, 1.82) is 0 Å². The number of benzene rings is 1. The van der Waals surface area contributed by atoms with E-state index in [2.05, 4.69) is 25.7 Å². The maximum absolute atomic E-state index is 13.7. The van der Waals surface area contributed by atoms with Crippen molar-refractivity contribution in [2.45, 2.75) is 162 Å². The van der Waals surface area contributed by atoms with Crippen LogP contribution in [0.1, 0.15) is 124 Å². The van der Waals surface area contributed by atoms with Gasteiger partial charge in [-0.15, -0.1) is 12.8 Å². The standard InChI is InChI=1S/C29H42O9S.C16H22O8/c1-11-12-34-29-27(37-21(10)31)26(36-20(9)30)19(8)25(38-29)15-35-39(32,33)28-23(17(4)5)13-22(16(2)3)14-24(28)18(6)7;1-6-7-20-16-15(23-12(5)19)14(22-11(4)18)9(2)13(24-16)8-21-10(3)17/h1,13-14,16-19,25-27,29H,12,15H2,2-10H3;1,9,13-16H,7-8H2,2-5H3/t19?,25-,26+,27+,29-;9-,13-,14+,15+,16-/m11/s1. The average molecular weight is 909 g/mol. The van der Waals surface area contributed by atoms with Gasteiger partial charge in [0.05, 0.1) is 12.7 Å². The van der Waals surface area contributed by atoms with Crippen LogP contribution in [0.2, 0.25) is 0 Å². The first-order valence-corrected chi connectivity index (χ1v) is 22.1. The first kappa shape index (κ1) is 54.6. The van der Waals surface area contributed by atoms with Gasteiger partial charge in [0.1, 0.15) is 43.0 Å². The molecule has 0 spiro atoms. The van der Waals surface area contributed by atoms with Gasteiger partial charge < -0.3 is 42.6 Å². The third-order valence-corrected chi connectivity index (χ3v) is 11.5. The first-order chi connectivity index (χ1) is 29.4. The smallest absolute Gasteiger partial charge is 0.303 e. The maximum atomic E-state index is 13.7. The van der Waals surface area contributed by atoms with Gasteiger partial charge in [0, 0.05) is 46.5 Å². The van der Waals surface area contributed by atoms with Gasteiger partial charge in [-0.05, 0) is 34.4 Å². The van der Waals surface area contributed by atoms with Gasteiger partial charge in [-0.2, -0.15) is 8.42 Å². The molecule has 63 heavy (non-hydrogen) atoms. The van der Waals surface area contributed by atoms with Crippen LogP contribution in [0.4, 0.5) is 0 Å². The number of carbonyl (C=O) groups excluding carboxylic acids is 5. The number of hydrogen-bond acceptors (Lipinski definition) is 17. The Labute approximate surface area is 371 Å². The highest BCUT2D eigenvalue weighted by atomic mass is 32.2. The number of ether oxygens (including phenoxy) is 9. The monoisotopic (exact) mass is 908 g/mol. The molecule has 0 aromatic heterocycles. The van der Waals surface area contributed by atoms with Crippen LogP contribution in [-0.2, 0) is 80.9 Å². The van der Waals surface area contributed by atoms with Crippen LogP contribution in [0.3, 0.4) is 0 Å². The van der Waals surface area contributed by atoms with Crippen molar-refractivity contribution in [2.24, 2.45) is 11.8 Å². The summed E-state index contributed by atoms with van der Waals surface area (Å²) in [6.07, 6.45) is 2.84. The highest BCUT2D eigenvalue weighted by Gasteiger charge is 2.50. The number of esters is 5. The van der Waals surface area contributed by atoms with Gasteiger partial charge in [-0.25, -0.2) is 0 Å². The summed E-state index contributed by atoms with van der Waals surface area (Å²) in [6, 6.07) is 3.86. The second-order valence-electron chi connectivity index (χ2n) is 16.2. The molecule has 3 rings (SSSR count). The topological polar surface area (TPSA) is 212 Å². The van der Waals surface area contributed by atoms with Gasteiger partial charge in [0.15, 0.2) is 24.8 Å². The summed E-state index contributed by atoms with van der Waals surface area (Å²) in [5, 5.41) is 0. The minimum atomic E-state index is -4.23. The van der Waals surface area contributed by atoms with Crippen molar-refractivity contribution in [3.05, 3.63) is 28.8 Å². The largest absolute Gasteiger partial charge is 0.463 e. The second-order valence-corrected chi connectivity index (χ2v) is 17.7. The molecular formula is C45H64O17S. The Hall–Kier alpha value is -4.56. The van der Waals surface area contributed by atoms with Crippen molar-refractivity contribution in [3.63, 3.8) is 0 Å². The molecule has 10 atom stereocenters. The van der Waals surface area contributed by atoms with E-state index in [1.54, 1.807) is 13.8 Å². The van der Waals surface area contributed by atoms with Crippen molar-refractivity contribution in [3.8, 4) is 24.7 Å². The predicted octanol–water partition coefficient (Wildman–Crippen LogP) is 5.06. The Morgan fingerprint density at radius 3 is 1.29 bits per heavy atom. The third kappa shape index (κ3) is 16.2. The van der Waals surface area contributed by atoms with E-state index in [4.69, 9.17) is 59.7 Å². The highest BCUT2D eigenvalue weighted by Crippen LogP contribution is 2.38. The van der Waals surface area contributed by atoms with E-state index in [-0.39, 0.29) is 49.1 Å². The zero-order valence-corrected chi connectivity index (χ0v) is 39.3. The molecule has 2 aliphatic rings. The van der Waals surface area contributed by atoms with E-state index in [0.29, 0.717) is 11.1 Å². The maximum Gasteiger partial charge on any atom is 0.303 e. The lowest BCUT2D eigenvalue weighted by Gasteiger charge is -2.43. The van der Waals surface area contributed by atoms with Crippen LogP contribution in [0.15, 0.2) is 17.0 Å². The van der Waals surface area contributed by atoms with Crippen LogP contribution in [0.25, 0.3) is 0 Å². The van der Waals surface area contributed by atoms with E-state index in [9.17, 15) is 32.4 Å². The molecule has 0 radical (unpaired) electrons. The van der Waals surface area contributed by atoms with Crippen molar-refractivity contribution < 1.29 is 79.2 Å². The molecule has 0 N–H and O–H groups in total. The lowest BCUT2D eigenvalue weighted by Crippen LogP contribution is -2.58. The predicted molar refractivity (Wildman–Crippen MR) is 226 cm³/mol. The highest BCUT2D eigenvalue weighted by molar-refractivity contribution is 7.86. The fraction of sp³-hybridized carbons (Fsp3) is 0.667. The molecule has 17 nitrogen and oxygen atoms in total. The van der Waals surface area contributed by atoms with Crippen LogP contribution in [0, 0.1) is 36.5 Å². The average Bonchev–Trinajstić information content (AvgIpc) is 3.18. The molecule has 0 amide bonds. The summed E-state index contributed by atoms with van der Waals surface area (Å²) >= 11 is 0. The molecule has 18 heteroatoms. The molecule has 2 saturated heterocycles. The second kappa shape index (κ2) is 25.1. The van der Waals surface area contributed by atoms with E-state index < -0.39 is 101 Å².